The van der Waals surface area contributed by atoms with E-state index in [4.69, 9.17) is 9.84 Å². The van der Waals surface area contributed by atoms with Gasteiger partial charge in [-0.05, 0) is 49.2 Å². The van der Waals surface area contributed by atoms with Crippen LogP contribution in [0.15, 0.2) is 78.9 Å². The molecule has 0 atom stereocenters. The number of amides is 1. The van der Waals surface area contributed by atoms with Crippen molar-refractivity contribution in [3.05, 3.63) is 95.9 Å². The van der Waals surface area contributed by atoms with Crippen LogP contribution in [0.5, 0.6) is 11.5 Å². The van der Waals surface area contributed by atoms with Crippen molar-refractivity contribution in [3.63, 3.8) is 0 Å². The highest BCUT2D eigenvalue weighted by atomic mass is 19.1. The second-order valence-corrected chi connectivity index (χ2v) is 8.12. The van der Waals surface area contributed by atoms with Crippen LogP contribution in [-0.2, 0) is 17.8 Å². The zero-order valence-electron chi connectivity index (χ0n) is 18.4. The number of carbonyl (C=O) groups is 1. The van der Waals surface area contributed by atoms with Crippen LogP contribution >= 0.6 is 0 Å². The summed E-state index contributed by atoms with van der Waals surface area (Å²) in [7, 11) is 0. The fourth-order valence-electron chi connectivity index (χ4n) is 4.34. The van der Waals surface area contributed by atoms with Crippen LogP contribution in [0.3, 0.4) is 0 Å². The fourth-order valence-corrected chi connectivity index (χ4v) is 4.34. The molecule has 3 aromatic carbocycles. The van der Waals surface area contributed by atoms with Crippen LogP contribution < -0.4 is 9.64 Å². The molecule has 166 valence electrons. The molecule has 6 heteroatoms. The molecule has 1 aliphatic rings. The van der Waals surface area contributed by atoms with Gasteiger partial charge in [0.2, 0.25) is 5.91 Å². The topological polar surface area (TPSA) is 47.4 Å². The van der Waals surface area contributed by atoms with Gasteiger partial charge in [0.05, 0.1) is 17.7 Å². The molecule has 0 spiro atoms. The van der Waals surface area contributed by atoms with Crippen molar-refractivity contribution >= 4 is 11.7 Å². The summed E-state index contributed by atoms with van der Waals surface area (Å²) in [4.78, 5) is 15.1. The van der Waals surface area contributed by atoms with Gasteiger partial charge in [-0.25, -0.2) is 9.07 Å². The minimum absolute atomic E-state index is 0.0795. The van der Waals surface area contributed by atoms with E-state index in [1.54, 1.807) is 17.0 Å². The van der Waals surface area contributed by atoms with Gasteiger partial charge in [0.25, 0.3) is 0 Å². The lowest BCUT2D eigenvalue weighted by Crippen LogP contribution is -2.38. The van der Waals surface area contributed by atoms with Gasteiger partial charge in [-0.2, -0.15) is 5.10 Å². The Morgan fingerprint density at radius 2 is 1.79 bits per heavy atom. The standard InChI is InChI=1S/C27H24FN3O2/c1-19-26(23-13-5-6-14-24(23)33-22-11-3-2-4-12-22)27-30(15-8-16-31(27)29-19)25(32)18-20-9-7-10-21(28)17-20/h2-7,9-14,17H,8,15-16,18H2,1H3. The Morgan fingerprint density at radius 3 is 2.61 bits per heavy atom. The van der Waals surface area contributed by atoms with Crippen molar-refractivity contribution in [1.29, 1.82) is 0 Å². The highest BCUT2D eigenvalue weighted by molar-refractivity contribution is 5.99. The van der Waals surface area contributed by atoms with E-state index in [1.807, 2.05) is 66.2 Å². The number of para-hydroxylation sites is 2. The molecule has 2 heterocycles. The summed E-state index contributed by atoms with van der Waals surface area (Å²) >= 11 is 0. The van der Waals surface area contributed by atoms with Crippen molar-refractivity contribution in [2.75, 3.05) is 11.4 Å². The fraction of sp³-hybridized carbons (Fsp3) is 0.185. The summed E-state index contributed by atoms with van der Waals surface area (Å²) < 4.78 is 21.8. The lowest BCUT2D eigenvalue weighted by atomic mass is 10.0. The Labute approximate surface area is 192 Å². The number of fused-ring (bicyclic) bond motifs is 1. The Bertz CT molecular complexity index is 1300. The summed E-state index contributed by atoms with van der Waals surface area (Å²) in [5.41, 5.74) is 3.25. The average Bonchev–Trinajstić information content (AvgIpc) is 3.16. The van der Waals surface area contributed by atoms with E-state index in [2.05, 4.69) is 0 Å². The number of anilines is 1. The lowest BCUT2D eigenvalue weighted by Gasteiger charge is -2.29. The Morgan fingerprint density at radius 1 is 1.00 bits per heavy atom. The minimum Gasteiger partial charge on any atom is -0.457 e. The third-order valence-electron chi connectivity index (χ3n) is 5.78. The van der Waals surface area contributed by atoms with E-state index in [1.165, 1.54) is 12.1 Å². The van der Waals surface area contributed by atoms with Gasteiger partial charge in [-0.3, -0.25) is 9.69 Å². The number of hydrogen-bond donors (Lipinski definition) is 0. The number of aryl methyl sites for hydroxylation is 2. The summed E-state index contributed by atoms with van der Waals surface area (Å²) in [6, 6.07) is 23.6. The molecule has 4 aromatic rings. The van der Waals surface area contributed by atoms with Crippen molar-refractivity contribution < 1.29 is 13.9 Å². The third kappa shape index (κ3) is 4.24. The number of hydrogen-bond acceptors (Lipinski definition) is 3. The van der Waals surface area contributed by atoms with Gasteiger partial charge in [0, 0.05) is 18.7 Å². The van der Waals surface area contributed by atoms with Gasteiger partial charge >= 0.3 is 0 Å². The van der Waals surface area contributed by atoms with Crippen LogP contribution in [0.1, 0.15) is 17.7 Å². The molecule has 1 aromatic heterocycles. The van der Waals surface area contributed by atoms with E-state index in [0.717, 1.165) is 41.4 Å². The van der Waals surface area contributed by atoms with E-state index in [-0.39, 0.29) is 18.1 Å². The molecule has 0 saturated heterocycles. The zero-order valence-corrected chi connectivity index (χ0v) is 18.4. The summed E-state index contributed by atoms with van der Waals surface area (Å²) in [6.07, 6.45) is 0.939. The molecular formula is C27H24FN3O2. The highest BCUT2D eigenvalue weighted by Crippen LogP contribution is 2.42. The van der Waals surface area contributed by atoms with Gasteiger partial charge < -0.3 is 4.74 Å². The maximum absolute atomic E-state index is 13.7. The van der Waals surface area contributed by atoms with Crippen LogP contribution in [0.2, 0.25) is 0 Å². The summed E-state index contributed by atoms with van der Waals surface area (Å²) in [5, 5.41) is 4.74. The Balaban J connectivity index is 1.54. The monoisotopic (exact) mass is 441 g/mol. The summed E-state index contributed by atoms with van der Waals surface area (Å²) in [6.45, 7) is 3.28. The number of aromatic nitrogens is 2. The molecule has 33 heavy (non-hydrogen) atoms. The molecule has 0 bridgehead atoms. The van der Waals surface area contributed by atoms with E-state index >= 15 is 0 Å². The first-order valence-corrected chi connectivity index (χ1v) is 11.0. The minimum atomic E-state index is -0.340. The van der Waals surface area contributed by atoms with Crippen LogP contribution in [0.25, 0.3) is 11.1 Å². The quantitative estimate of drug-likeness (QED) is 0.395. The average molecular weight is 442 g/mol. The van der Waals surface area contributed by atoms with Gasteiger partial charge in [-0.1, -0.05) is 48.5 Å². The SMILES string of the molecule is Cc1nn2c(c1-c1ccccc1Oc1ccccc1)N(C(=O)Cc1cccc(F)c1)CCC2. The van der Waals surface area contributed by atoms with Gasteiger partial charge in [0.1, 0.15) is 23.1 Å². The maximum atomic E-state index is 13.7. The first kappa shape index (κ1) is 20.9. The molecule has 0 fully saturated rings. The first-order valence-electron chi connectivity index (χ1n) is 11.0. The van der Waals surface area contributed by atoms with E-state index in [0.29, 0.717) is 17.9 Å². The zero-order chi connectivity index (χ0) is 22.8. The molecule has 1 amide bonds. The van der Waals surface area contributed by atoms with Crippen molar-refractivity contribution in [2.24, 2.45) is 0 Å². The van der Waals surface area contributed by atoms with Crippen LogP contribution in [0, 0.1) is 12.7 Å². The molecule has 1 aliphatic heterocycles. The molecule has 0 aliphatic carbocycles. The normalized spacial score (nSPS) is 13.0. The largest absolute Gasteiger partial charge is 0.457 e. The summed E-state index contributed by atoms with van der Waals surface area (Å²) in [5.74, 6) is 1.79. The Kier molecular flexibility index (Phi) is 5.65. The predicted octanol–water partition coefficient (Wildman–Crippen LogP) is 5.77. The third-order valence-corrected chi connectivity index (χ3v) is 5.78. The maximum Gasteiger partial charge on any atom is 0.232 e. The van der Waals surface area contributed by atoms with Gasteiger partial charge in [0.15, 0.2) is 0 Å². The first-order chi connectivity index (χ1) is 16.1. The number of ether oxygens (including phenoxy) is 1. The smallest absolute Gasteiger partial charge is 0.232 e. The van der Waals surface area contributed by atoms with E-state index < -0.39 is 0 Å². The number of carbonyl (C=O) groups excluding carboxylic acids is 1. The number of rotatable bonds is 5. The molecule has 0 radical (unpaired) electrons. The molecule has 5 nitrogen and oxygen atoms in total. The Hall–Kier alpha value is -3.93. The molecule has 5 rings (SSSR count). The molecule has 0 saturated carbocycles. The van der Waals surface area contributed by atoms with E-state index in [9.17, 15) is 9.18 Å². The van der Waals surface area contributed by atoms with Crippen molar-refractivity contribution in [1.82, 2.24) is 9.78 Å². The number of benzene rings is 3. The van der Waals surface area contributed by atoms with Gasteiger partial charge in [-0.15, -0.1) is 0 Å². The predicted molar refractivity (Wildman–Crippen MR) is 126 cm³/mol. The molecular weight excluding hydrogens is 417 g/mol. The lowest BCUT2D eigenvalue weighted by molar-refractivity contribution is -0.118. The molecule has 0 N–H and O–H groups in total. The second kappa shape index (κ2) is 8.90. The second-order valence-electron chi connectivity index (χ2n) is 8.12. The van der Waals surface area contributed by atoms with Crippen LogP contribution in [-0.4, -0.2) is 22.2 Å². The van der Waals surface area contributed by atoms with Crippen molar-refractivity contribution in [3.8, 4) is 22.6 Å². The molecule has 0 unspecified atom stereocenters. The highest BCUT2D eigenvalue weighted by Gasteiger charge is 2.30. The number of halogens is 1. The van der Waals surface area contributed by atoms with Crippen LogP contribution in [0.4, 0.5) is 10.2 Å². The van der Waals surface area contributed by atoms with Crippen molar-refractivity contribution in [2.45, 2.75) is 26.3 Å². The number of nitrogens with zero attached hydrogens (tertiary/aromatic N) is 3.